The number of amides is 1. The van der Waals surface area contributed by atoms with Crippen molar-refractivity contribution in [1.82, 2.24) is 5.32 Å². The second-order valence-electron chi connectivity index (χ2n) is 5.30. The van der Waals surface area contributed by atoms with Crippen molar-refractivity contribution in [2.24, 2.45) is 11.1 Å². The van der Waals surface area contributed by atoms with Crippen LogP contribution >= 0.6 is 11.3 Å². The summed E-state index contributed by atoms with van der Waals surface area (Å²) in [5, 5.41) is 3.03. The SMILES string of the molecule is NCC1(CNC(=O)c2cc3c(s2)CCC3)CC1. The van der Waals surface area contributed by atoms with Gasteiger partial charge in [-0.05, 0) is 50.3 Å². The predicted molar refractivity (Wildman–Crippen MR) is 69.4 cm³/mol. The van der Waals surface area contributed by atoms with E-state index in [-0.39, 0.29) is 11.3 Å². The van der Waals surface area contributed by atoms with Gasteiger partial charge in [-0.2, -0.15) is 0 Å². The molecule has 3 nitrogen and oxygen atoms in total. The zero-order chi connectivity index (χ0) is 11.9. The fourth-order valence-corrected chi connectivity index (χ4v) is 3.60. The van der Waals surface area contributed by atoms with E-state index < -0.39 is 0 Å². The summed E-state index contributed by atoms with van der Waals surface area (Å²) in [5.74, 6) is 0.0872. The minimum Gasteiger partial charge on any atom is -0.351 e. The molecular weight excluding hydrogens is 232 g/mol. The number of carbonyl (C=O) groups excluding carboxylic acids is 1. The molecule has 92 valence electrons. The number of rotatable bonds is 4. The number of thiophene rings is 1. The molecule has 17 heavy (non-hydrogen) atoms. The van der Waals surface area contributed by atoms with Gasteiger partial charge in [-0.15, -0.1) is 11.3 Å². The number of nitrogens with two attached hydrogens (primary N) is 1. The van der Waals surface area contributed by atoms with E-state index in [0.29, 0.717) is 6.54 Å². The summed E-state index contributed by atoms with van der Waals surface area (Å²) in [7, 11) is 0. The second kappa shape index (κ2) is 4.10. The third-order valence-electron chi connectivity index (χ3n) is 3.98. The average Bonchev–Trinajstić information content (AvgIpc) is 2.78. The Hall–Kier alpha value is -0.870. The van der Waals surface area contributed by atoms with Gasteiger partial charge in [-0.3, -0.25) is 4.79 Å². The fraction of sp³-hybridized carbons (Fsp3) is 0.615. The second-order valence-corrected chi connectivity index (χ2v) is 6.44. The van der Waals surface area contributed by atoms with Gasteiger partial charge in [0.15, 0.2) is 0 Å². The van der Waals surface area contributed by atoms with Crippen LogP contribution in [0.4, 0.5) is 0 Å². The first kappa shape index (κ1) is 11.2. The molecule has 0 aliphatic heterocycles. The van der Waals surface area contributed by atoms with Crippen LogP contribution in [0.5, 0.6) is 0 Å². The highest BCUT2D eigenvalue weighted by Gasteiger charge is 2.41. The van der Waals surface area contributed by atoms with Crippen molar-refractivity contribution in [3.05, 3.63) is 21.4 Å². The molecule has 0 radical (unpaired) electrons. The summed E-state index contributed by atoms with van der Waals surface area (Å²) in [6.45, 7) is 1.43. The first-order valence-electron chi connectivity index (χ1n) is 6.32. The van der Waals surface area contributed by atoms with Gasteiger partial charge in [-0.25, -0.2) is 0 Å². The Morgan fingerprint density at radius 3 is 2.94 bits per heavy atom. The fourth-order valence-electron chi connectivity index (χ4n) is 2.43. The molecular formula is C13H18N2OS. The third-order valence-corrected chi connectivity index (χ3v) is 5.22. The number of hydrogen-bond donors (Lipinski definition) is 2. The van der Waals surface area contributed by atoms with Crippen LogP contribution in [0.2, 0.25) is 0 Å². The Kier molecular flexibility index (Phi) is 2.71. The monoisotopic (exact) mass is 250 g/mol. The van der Waals surface area contributed by atoms with Crippen LogP contribution in [0.3, 0.4) is 0 Å². The van der Waals surface area contributed by atoms with Crippen LogP contribution in [-0.4, -0.2) is 19.0 Å². The molecule has 0 aromatic carbocycles. The lowest BCUT2D eigenvalue weighted by Crippen LogP contribution is -2.33. The molecule has 4 heteroatoms. The molecule has 1 heterocycles. The lowest BCUT2D eigenvalue weighted by molar-refractivity contribution is 0.0949. The number of hydrogen-bond acceptors (Lipinski definition) is 3. The molecule has 1 aromatic heterocycles. The van der Waals surface area contributed by atoms with E-state index in [1.54, 1.807) is 11.3 Å². The highest BCUT2D eigenvalue weighted by molar-refractivity contribution is 7.14. The van der Waals surface area contributed by atoms with Crippen LogP contribution in [0.1, 0.15) is 39.4 Å². The quantitative estimate of drug-likeness (QED) is 0.854. The number of carbonyl (C=O) groups is 1. The van der Waals surface area contributed by atoms with Crippen LogP contribution in [0, 0.1) is 5.41 Å². The molecule has 1 fully saturated rings. The van der Waals surface area contributed by atoms with Gasteiger partial charge in [0.2, 0.25) is 0 Å². The van der Waals surface area contributed by atoms with E-state index in [1.165, 1.54) is 16.9 Å². The van der Waals surface area contributed by atoms with E-state index in [4.69, 9.17) is 5.73 Å². The standard InChI is InChI=1S/C13H18N2OS/c14-7-13(4-5-13)8-15-12(16)11-6-9-2-1-3-10(9)17-11/h6H,1-5,7-8,14H2,(H,15,16). The van der Waals surface area contributed by atoms with Crippen LogP contribution in [0.25, 0.3) is 0 Å². The molecule has 0 unspecified atom stereocenters. The number of aryl methyl sites for hydroxylation is 2. The molecule has 1 saturated carbocycles. The highest BCUT2D eigenvalue weighted by Crippen LogP contribution is 2.43. The minimum absolute atomic E-state index is 0.0872. The van der Waals surface area contributed by atoms with Crippen molar-refractivity contribution in [3.63, 3.8) is 0 Å². The van der Waals surface area contributed by atoms with E-state index in [0.717, 1.165) is 37.1 Å². The largest absolute Gasteiger partial charge is 0.351 e. The maximum atomic E-state index is 12.0. The maximum absolute atomic E-state index is 12.0. The Morgan fingerprint density at radius 1 is 1.47 bits per heavy atom. The normalized spacial score (nSPS) is 20.1. The Balaban J connectivity index is 1.62. The molecule has 1 amide bonds. The van der Waals surface area contributed by atoms with Gasteiger partial charge in [0.1, 0.15) is 0 Å². The average molecular weight is 250 g/mol. The van der Waals surface area contributed by atoms with Gasteiger partial charge in [-0.1, -0.05) is 0 Å². The van der Waals surface area contributed by atoms with Crippen molar-refractivity contribution >= 4 is 17.2 Å². The van der Waals surface area contributed by atoms with Gasteiger partial charge >= 0.3 is 0 Å². The molecule has 0 saturated heterocycles. The zero-order valence-electron chi connectivity index (χ0n) is 9.92. The highest BCUT2D eigenvalue weighted by atomic mass is 32.1. The summed E-state index contributed by atoms with van der Waals surface area (Å²) in [4.78, 5) is 14.3. The summed E-state index contributed by atoms with van der Waals surface area (Å²) < 4.78 is 0. The topological polar surface area (TPSA) is 55.1 Å². The van der Waals surface area contributed by atoms with Gasteiger partial charge < -0.3 is 11.1 Å². The first-order chi connectivity index (χ1) is 8.22. The summed E-state index contributed by atoms with van der Waals surface area (Å²) in [5.41, 5.74) is 7.31. The zero-order valence-corrected chi connectivity index (χ0v) is 10.7. The molecule has 0 bridgehead atoms. The summed E-state index contributed by atoms with van der Waals surface area (Å²) >= 11 is 1.67. The van der Waals surface area contributed by atoms with Crippen LogP contribution < -0.4 is 11.1 Å². The van der Waals surface area contributed by atoms with Gasteiger partial charge in [0, 0.05) is 16.8 Å². The number of fused-ring (bicyclic) bond motifs is 1. The third kappa shape index (κ3) is 2.11. The van der Waals surface area contributed by atoms with Crippen molar-refractivity contribution in [2.45, 2.75) is 32.1 Å². The number of nitrogens with one attached hydrogen (secondary N) is 1. The lowest BCUT2D eigenvalue weighted by Gasteiger charge is -2.12. The molecule has 0 atom stereocenters. The van der Waals surface area contributed by atoms with Gasteiger partial charge in [0.05, 0.1) is 4.88 Å². The van der Waals surface area contributed by atoms with E-state index in [2.05, 4.69) is 11.4 Å². The molecule has 0 spiro atoms. The Bertz CT molecular complexity index is 427. The Morgan fingerprint density at radius 2 is 2.29 bits per heavy atom. The molecule has 2 aliphatic rings. The van der Waals surface area contributed by atoms with Crippen molar-refractivity contribution in [2.75, 3.05) is 13.1 Å². The van der Waals surface area contributed by atoms with Crippen LogP contribution in [0.15, 0.2) is 6.07 Å². The summed E-state index contributed by atoms with van der Waals surface area (Å²) in [6, 6.07) is 2.07. The maximum Gasteiger partial charge on any atom is 0.261 e. The molecule has 3 N–H and O–H groups in total. The smallest absolute Gasteiger partial charge is 0.261 e. The summed E-state index contributed by atoms with van der Waals surface area (Å²) in [6.07, 6.45) is 5.86. The van der Waals surface area contributed by atoms with E-state index >= 15 is 0 Å². The molecule has 2 aliphatic carbocycles. The van der Waals surface area contributed by atoms with E-state index in [1.807, 2.05) is 0 Å². The Labute approximate surface area is 105 Å². The first-order valence-corrected chi connectivity index (χ1v) is 7.14. The van der Waals surface area contributed by atoms with Crippen molar-refractivity contribution in [3.8, 4) is 0 Å². The molecule has 1 aromatic rings. The van der Waals surface area contributed by atoms with Crippen LogP contribution in [-0.2, 0) is 12.8 Å². The lowest BCUT2D eigenvalue weighted by atomic mass is 10.1. The van der Waals surface area contributed by atoms with Crippen molar-refractivity contribution < 1.29 is 4.79 Å². The molecule has 3 rings (SSSR count). The minimum atomic E-state index is 0.0872. The van der Waals surface area contributed by atoms with Crippen molar-refractivity contribution in [1.29, 1.82) is 0 Å². The van der Waals surface area contributed by atoms with Gasteiger partial charge in [0.25, 0.3) is 5.91 Å². The van der Waals surface area contributed by atoms with E-state index in [9.17, 15) is 4.79 Å². The predicted octanol–water partition coefficient (Wildman–Crippen LogP) is 1.71.